The highest BCUT2D eigenvalue weighted by Gasteiger charge is 2.06. The van der Waals surface area contributed by atoms with Crippen LogP contribution >= 0.6 is 0 Å². The minimum absolute atomic E-state index is 0.332. The van der Waals surface area contributed by atoms with E-state index >= 15 is 0 Å². The lowest BCUT2D eigenvalue weighted by molar-refractivity contribution is 0.163. The van der Waals surface area contributed by atoms with Crippen LogP contribution in [0.2, 0.25) is 0 Å². The number of methoxy groups -OCH3 is 1. The Bertz CT molecular complexity index is 284. The van der Waals surface area contributed by atoms with Crippen LogP contribution < -0.4 is 0 Å². The molecule has 1 aromatic carbocycles. The van der Waals surface area contributed by atoms with Crippen LogP contribution in [0.15, 0.2) is 24.3 Å². The third-order valence-electron chi connectivity index (χ3n) is 2.48. The maximum absolute atomic E-state index is 9.90. The average Bonchev–Trinajstić information content (AvgIpc) is 2.27. The lowest BCUT2D eigenvalue weighted by Gasteiger charge is -2.11. The Morgan fingerprint density at radius 2 is 2.20 bits per heavy atom. The van der Waals surface area contributed by atoms with Crippen molar-refractivity contribution in [3.63, 3.8) is 0 Å². The minimum atomic E-state index is -0.332. The van der Waals surface area contributed by atoms with Gasteiger partial charge in [-0.25, -0.2) is 0 Å². The van der Waals surface area contributed by atoms with Crippen LogP contribution in [0.5, 0.6) is 0 Å². The molecule has 84 valence electrons. The van der Waals surface area contributed by atoms with E-state index in [1.807, 2.05) is 24.3 Å². The van der Waals surface area contributed by atoms with Gasteiger partial charge in [-0.1, -0.05) is 44.0 Å². The third kappa shape index (κ3) is 4.02. The van der Waals surface area contributed by atoms with Crippen molar-refractivity contribution in [3.05, 3.63) is 35.4 Å². The van der Waals surface area contributed by atoms with Gasteiger partial charge in [-0.2, -0.15) is 0 Å². The molecule has 0 aliphatic rings. The number of unbranched alkanes of at least 4 members (excludes halogenated alkanes) is 1. The molecule has 0 aliphatic carbocycles. The van der Waals surface area contributed by atoms with E-state index in [4.69, 9.17) is 4.74 Å². The molecule has 0 aliphatic heterocycles. The van der Waals surface area contributed by atoms with Crippen LogP contribution in [0, 0.1) is 0 Å². The van der Waals surface area contributed by atoms with Crippen molar-refractivity contribution in [3.8, 4) is 0 Å². The van der Waals surface area contributed by atoms with Crippen LogP contribution in [0.3, 0.4) is 0 Å². The van der Waals surface area contributed by atoms with E-state index < -0.39 is 0 Å². The summed E-state index contributed by atoms with van der Waals surface area (Å²) in [5.74, 6) is 0. The standard InChI is InChI=1S/C13H20O2/c1-3-4-8-13(14)12-7-5-6-11(9-12)10-15-2/h5-7,9,13-14H,3-4,8,10H2,1-2H3. The first-order valence-electron chi connectivity index (χ1n) is 5.53. The van der Waals surface area contributed by atoms with Gasteiger partial charge in [0.1, 0.15) is 0 Å². The van der Waals surface area contributed by atoms with Gasteiger partial charge in [0.2, 0.25) is 0 Å². The molecule has 1 aromatic rings. The molecular weight excluding hydrogens is 188 g/mol. The first-order chi connectivity index (χ1) is 7.27. The summed E-state index contributed by atoms with van der Waals surface area (Å²) >= 11 is 0. The van der Waals surface area contributed by atoms with E-state index in [0.717, 1.165) is 30.4 Å². The fraction of sp³-hybridized carbons (Fsp3) is 0.538. The lowest BCUT2D eigenvalue weighted by Crippen LogP contribution is -1.98. The van der Waals surface area contributed by atoms with Gasteiger partial charge in [-0.3, -0.25) is 0 Å². The zero-order valence-corrected chi connectivity index (χ0v) is 9.57. The average molecular weight is 208 g/mol. The van der Waals surface area contributed by atoms with Crippen molar-refractivity contribution in [2.24, 2.45) is 0 Å². The quantitative estimate of drug-likeness (QED) is 0.778. The molecule has 0 heterocycles. The molecule has 0 saturated heterocycles. The Labute approximate surface area is 91.9 Å². The van der Waals surface area contributed by atoms with Crippen LogP contribution in [0.25, 0.3) is 0 Å². The summed E-state index contributed by atoms with van der Waals surface area (Å²) in [4.78, 5) is 0. The van der Waals surface area contributed by atoms with Gasteiger partial charge in [0.05, 0.1) is 12.7 Å². The van der Waals surface area contributed by atoms with Gasteiger partial charge in [-0.05, 0) is 17.5 Å². The summed E-state index contributed by atoms with van der Waals surface area (Å²) in [7, 11) is 1.68. The minimum Gasteiger partial charge on any atom is -0.388 e. The Kier molecular flexibility index (Phi) is 5.37. The second kappa shape index (κ2) is 6.59. The van der Waals surface area contributed by atoms with Crippen molar-refractivity contribution < 1.29 is 9.84 Å². The maximum Gasteiger partial charge on any atom is 0.0790 e. The molecule has 0 spiro atoms. The van der Waals surface area contributed by atoms with E-state index in [0.29, 0.717) is 6.61 Å². The molecule has 2 heteroatoms. The number of aliphatic hydroxyl groups excluding tert-OH is 1. The van der Waals surface area contributed by atoms with Gasteiger partial charge in [0, 0.05) is 7.11 Å². The Balaban J connectivity index is 2.62. The van der Waals surface area contributed by atoms with Crippen molar-refractivity contribution >= 4 is 0 Å². The van der Waals surface area contributed by atoms with Gasteiger partial charge in [-0.15, -0.1) is 0 Å². The smallest absolute Gasteiger partial charge is 0.0790 e. The number of hydrogen-bond donors (Lipinski definition) is 1. The second-order valence-electron chi connectivity index (χ2n) is 3.84. The molecule has 1 rings (SSSR count). The van der Waals surface area contributed by atoms with Crippen LogP contribution in [-0.2, 0) is 11.3 Å². The molecule has 0 aromatic heterocycles. The Morgan fingerprint density at radius 3 is 2.87 bits per heavy atom. The molecule has 0 fully saturated rings. The number of rotatable bonds is 6. The summed E-state index contributed by atoms with van der Waals surface area (Å²) < 4.78 is 5.06. The molecule has 0 radical (unpaired) electrons. The number of aliphatic hydroxyl groups is 1. The normalized spacial score (nSPS) is 12.7. The molecule has 1 atom stereocenters. The monoisotopic (exact) mass is 208 g/mol. The second-order valence-corrected chi connectivity index (χ2v) is 3.84. The van der Waals surface area contributed by atoms with Crippen molar-refractivity contribution in [2.75, 3.05) is 7.11 Å². The number of ether oxygens (including phenoxy) is 1. The van der Waals surface area contributed by atoms with Crippen molar-refractivity contribution in [1.82, 2.24) is 0 Å². The van der Waals surface area contributed by atoms with Crippen LogP contribution in [0.1, 0.15) is 43.4 Å². The molecular formula is C13H20O2. The summed E-state index contributed by atoms with van der Waals surface area (Å²) in [6.45, 7) is 2.74. The van der Waals surface area contributed by atoms with Gasteiger partial charge in [0.25, 0.3) is 0 Å². The van der Waals surface area contributed by atoms with Crippen molar-refractivity contribution in [2.45, 2.75) is 38.9 Å². The summed E-state index contributed by atoms with van der Waals surface area (Å²) in [6, 6.07) is 7.97. The van der Waals surface area contributed by atoms with Crippen molar-refractivity contribution in [1.29, 1.82) is 0 Å². The molecule has 0 saturated carbocycles. The topological polar surface area (TPSA) is 29.5 Å². The predicted molar refractivity (Wildman–Crippen MR) is 61.6 cm³/mol. The molecule has 0 amide bonds. The number of benzene rings is 1. The summed E-state index contributed by atoms with van der Waals surface area (Å²) in [6.07, 6.45) is 2.69. The molecule has 1 unspecified atom stereocenters. The highest BCUT2D eigenvalue weighted by molar-refractivity contribution is 5.24. The van der Waals surface area contributed by atoms with Crippen LogP contribution in [-0.4, -0.2) is 12.2 Å². The Hall–Kier alpha value is -0.860. The van der Waals surface area contributed by atoms with Crippen LogP contribution in [0.4, 0.5) is 0 Å². The van der Waals surface area contributed by atoms with E-state index in [1.165, 1.54) is 0 Å². The van der Waals surface area contributed by atoms with E-state index in [9.17, 15) is 5.11 Å². The predicted octanol–water partition coefficient (Wildman–Crippen LogP) is 3.06. The highest BCUT2D eigenvalue weighted by atomic mass is 16.5. The number of hydrogen-bond acceptors (Lipinski definition) is 2. The molecule has 15 heavy (non-hydrogen) atoms. The third-order valence-corrected chi connectivity index (χ3v) is 2.48. The van der Waals surface area contributed by atoms with E-state index in [1.54, 1.807) is 7.11 Å². The van der Waals surface area contributed by atoms with E-state index in [-0.39, 0.29) is 6.10 Å². The first kappa shape index (κ1) is 12.2. The maximum atomic E-state index is 9.90. The van der Waals surface area contributed by atoms with Gasteiger partial charge in [0.15, 0.2) is 0 Å². The van der Waals surface area contributed by atoms with E-state index in [2.05, 4.69) is 6.92 Å². The largest absolute Gasteiger partial charge is 0.388 e. The zero-order chi connectivity index (χ0) is 11.1. The van der Waals surface area contributed by atoms with Gasteiger partial charge >= 0.3 is 0 Å². The fourth-order valence-electron chi connectivity index (χ4n) is 1.62. The molecule has 2 nitrogen and oxygen atoms in total. The summed E-state index contributed by atoms with van der Waals surface area (Å²) in [5.41, 5.74) is 2.11. The lowest BCUT2D eigenvalue weighted by atomic mass is 10.0. The molecule has 0 bridgehead atoms. The molecule has 1 N–H and O–H groups in total. The Morgan fingerprint density at radius 1 is 1.40 bits per heavy atom. The van der Waals surface area contributed by atoms with Gasteiger partial charge < -0.3 is 9.84 Å². The SMILES string of the molecule is CCCCC(O)c1cccc(COC)c1. The zero-order valence-electron chi connectivity index (χ0n) is 9.57. The fourth-order valence-corrected chi connectivity index (χ4v) is 1.62. The highest BCUT2D eigenvalue weighted by Crippen LogP contribution is 2.20. The first-order valence-corrected chi connectivity index (χ1v) is 5.53. The summed E-state index contributed by atoms with van der Waals surface area (Å²) in [5, 5.41) is 9.90.